The molecule has 0 fully saturated rings. The Kier molecular flexibility index (Phi) is 6.28. The van der Waals surface area contributed by atoms with Crippen LogP contribution in [0.5, 0.6) is 0 Å². The van der Waals surface area contributed by atoms with Crippen LogP contribution in [-0.2, 0) is 0 Å². The third kappa shape index (κ3) is 18.3. The fraction of sp³-hybridized carbons (Fsp3) is 0. The summed E-state index contributed by atoms with van der Waals surface area (Å²) in [5.41, 5.74) is 0. The molecular formula is I5-. The van der Waals surface area contributed by atoms with Gasteiger partial charge in [-0.2, -0.15) is 0 Å². The fourth-order valence-electron chi connectivity index (χ4n) is 0. The van der Waals surface area contributed by atoms with Crippen LogP contribution in [0.3, 0.4) is 0 Å². The average molecular weight is 635 g/mol. The van der Waals surface area contributed by atoms with E-state index < -0.39 is 2.53 Å². The van der Waals surface area contributed by atoms with E-state index in [-0.39, 0.29) is 0 Å². The zero-order chi connectivity index (χ0) is 4.50. The fourth-order valence-corrected chi connectivity index (χ4v) is 0. The molecule has 0 aliphatic heterocycles. The van der Waals surface area contributed by atoms with Gasteiger partial charge in [-0.05, 0) is 0 Å². The summed E-state index contributed by atoms with van der Waals surface area (Å²) in [7, 11) is 0. The maximum absolute atomic E-state index is 2.52. The van der Waals surface area contributed by atoms with Gasteiger partial charge < -0.3 is 0 Å². The molecule has 0 atom stereocenters. The van der Waals surface area contributed by atoms with Crippen molar-refractivity contribution in [1.82, 2.24) is 0 Å². The van der Waals surface area contributed by atoms with Crippen molar-refractivity contribution in [2.45, 2.75) is 0 Å². The zero-order valence-electron chi connectivity index (χ0n) is 1.89. The third-order valence-corrected chi connectivity index (χ3v) is 0. The Labute approximate surface area is 74.2 Å². The monoisotopic (exact) mass is 635 g/mol. The first-order valence-electron chi connectivity index (χ1n) is 0.571. The molecule has 0 aliphatic carbocycles. The van der Waals surface area contributed by atoms with Gasteiger partial charge in [-0.1, -0.05) is 0 Å². The Bertz CT molecular complexity index is 15.5. The Morgan fingerprint density at radius 1 is 0.800 bits per heavy atom. The van der Waals surface area contributed by atoms with Crippen molar-refractivity contribution in [3.63, 3.8) is 0 Å². The van der Waals surface area contributed by atoms with E-state index in [0.717, 1.165) is 0 Å². The minimum atomic E-state index is -1.06. The van der Waals surface area contributed by atoms with E-state index >= 15 is 0 Å². The molecule has 0 aromatic heterocycles. The summed E-state index contributed by atoms with van der Waals surface area (Å²) in [5, 5.41) is 0. The molecule has 0 N–H and O–H groups in total. The van der Waals surface area contributed by atoms with E-state index in [9.17, 15) is 0 Å². The van der Waals surface area contributed by atoms with Crippen molar-refractivity contribution in [2.75, 3.05) is 0 Å². The van der Waals surface area contributed by atoms with Crippen LogP contribution in [0.2, 0.25) is 0 Å². The van der Waals surface area contributed by atoms with Crippen molar-refractivity contribution in [3.05, 3.63) is 0 Å². The Morgan fingerprint density at radius 3 is 0.800 bits per heavy atom. The molecule has 0 aromatic rings. The molecule has 0 spiro atoms. The van der Waals surface area contributed by atoms with Crippen LogP contribution in [0, 0.1) is 0 Å². The molecule has 0 aromatic carbocycles. The van der Waals surface area contributed by atoms with E-state index in [2.05, 4.69) is 74.5 Å². The molecule has 0 aliphatic rings. The molecule has 0 nitrogen and oxygen atoms in total. The molecule has 5 heteroatoms. The van der Waals surface area contributed by atoms with Crippen LogP contribution in [0.1, 0.15) is 0 Å². The van der Waals surface area contributed by atoms with Gasteiger partial charge in [0.15, 0.2) is 0 Å². The normalized spacial score (nSPS) is 15.2. The Balaban J connectivity index is 3.02. The van der Waals surface area contributed by atoms with Crippen LogP contribution in [0.15, 0.2) is 0 Å². The van der Waals surface area contributed by atoms with Gasteiger partial charge >= 0.3 is 77.0 Å². The molecule has 0 amide bonds. The van der Waals surface area contributed by atoms with Gasteiger partial charge in [-0.25, -0.2) is 0 Å². The summed E-state index contributed by atoms with van der Waals surface area (Å²) in [6, 6.07) is 0. The molecule has 0 radical (unpaired) electrons. The molecule has 0 rings (SSSR count). The second-order valence-corrected chi connectivity index (χ2v) is 97.8. The minimum absolute atomic E-state index is 1.06. The van der Waals surface area contributed by atoms with Crippen LogP contribution in [-0.4, -0.2) is 0 Å². The first-order chi connectivity index (χ1) is 2.00. The van der Waals surface area contributed by atoms with E-state index in [0.29, 0.717) is 0 Å². The van der Waals surface area contributed by atoms with E-state index in [1.807, 2.05) is 0 Å². The SMILES string of the molecule is I[I-](I)(I)I. The second kappa shape index (κ2) is 3.63. The van der Waals surface area contributed by atoms with Gasteiger partial charge in [0, 0.05) is 0 Å². The van der Waals surface area contributed by atoms with Gasteiger partial charge in [0.05, 0.1) is 0 Å². The third-order valence-electron chi connectivity index (χ3n) is 0. The predicted molar refractivity (Wildman–Crippen MR) is 56.1 cm³/mol. The summed E-state index contributed by atoms with van der Waals surface area (Å²) < 4.78 is -1.06. The summed E-state index contributed by atoms with van der Waals surface area (Å²) >= 11 is 10.1. The van der Waals surface area contributed by atoms with Gasteiger partial charge in [0.1, 0.15) is 0 Å². The number of hydrogen-bond acceptors (Lipinski definition) is 0. The topological polar surface area (TPSA) is 0 Å². The summed E-state index contributed by atoms with van der Waals surface area (Å²) in [6.45, 7) is 0. The number of halogens is 5. The predicted octanol–water partition coefficient (Wildman–Crippen LogP) is 0.547. The molecular weight excluding hydrogens is 635 g/mol. The Hall–Kier alpha value is 3.65. The molecule has 36 valence electrons. The van der Waals surface area contributed by atoms with E-state index in [4.69, 9.17) is 0 Å². The number of rotatable bonds is 0. The van der Waals surface area contributed by atoms with Crippen molar-refractivity contribution in [2.24, 2.45) is 0 Å². The van der Waals surface area contributed by atoms with Crippen LogP contribution in [0.4, 0.5) is 0 Å². The molecule has 0 bridgehead atoms. The summed E-state index contributed by atoms with van der Waals surface area (Å²) in [4.78, 5) is 0. The van der Waals surface area contributed by atoms with Crippen molar-refractivity contribution < 1.29 is 2.53 Å². The van der Waals surface area contributed by atoms with Gasteiger partial charge in [-0.15, -0.1) is 0 Å². The van der Waals surface area contributed by atoms with Crippen LogP contribution >= 0.6 is 74.5 Å². The molecule has 5 heavy (non-hydrogen) atoms. The van der Waals surface area contributed by atoms with Gasteiger partial charge in [0.25, 0.3) is 0 Å². The summed E-state index contributed by atoms with van der Waals surface area (Å²) in [5.74, 6) is 0. The van der Waals surface area contributed by atoms with Gasteiger partial charge in [0.2, 0.25) is 0 Å². The molecule has 0 unspecified atom stereocenters. The van der Waals surface area contributed by atoms with E-state index in [1.54, 1.807) is 0 Å². The van der Waals surface area contributed by atoms with E-state index in [1.165, 1.54) is 0 Å². The average Bonchev–Trinajstić information content (AvgIpc) is 0.722. The second-order valence-electron chi connectivity index (χ2n) is 0.324. The zero-order valence-corrected chi connectivity index (χ0v) is 12.7. The molecule has 0 heterocycles. The van der Waals surface area contributed by atoms with Crippen molar-refractivity contribution in [1.29, 1.82) is 0 Å². The summed E-state index contributed by atoms with van der Waals surface area (Å²) in [6.07, 6.45) is 0. The van der Waals surface area contributed by atoms with Gasteiger partial charge in [-0.3, -0.25) is 0 Å². The Morgan fingerprint density at radius 2 is 0.800 bits per heavy atom. The number of hydrogen-bond donors (Lipinski definition) is 0. The van der Waals surface area contributed by atoms with Crippen LogP contribution < -0.4 is 2.53 Å². The maximum atomic E-state index is 2.52. The quantitative estimate of drug-likeness (QED) is 0.342. The standard InChI is InChI=1S/I5/c1-5(2,3)4/q-1. The van der Waals surface area contributed by atoms with Crippen LogP contribution in [0.25, 0.3) is 0 Å². The first kappa shape index (κ1) is 8.65. The molecule has 0 saturated heterocycles. The van der Waals surface area contributed by atoms with Crippen molar-refractivity contribution >= 4 is 74.5 Å². The molecule has 0 saturated carbocycles. The van der Waals surface area contributed by atoms with Crippen molar-refractivity contribution in [3.8, 4) is 0 Å². The first-order valence-corrected chi connectivity index (χ1v) is 25.7.